The number of hydrogen-bond acceptors (Lipinski definition) is 14. The molecule has 0 aliphatic carbocycles. The van der Waals surface area contributed by atoms with Crippen LogP contribution in [0.1, 0.15) is 138 Å². The van der Waals surface area contributed by atoms with Crippen molar-refractivity contribution in [1.82, 2.24) is 20.0 Å². The van der Waals surface area contributed by atoms with Crippen molar-refractivity contribution in [2.24, 2.45) is 33.7 Å². The fourth-order valence-electron chi connectivity index (χ4n) is 11.0. The molecule has 0 saturated carbocycles. The van der Waals surface area contributed by atoms with Crippen molar-refractivity contribution < 1.29 is 61.6 Å². The van der Waals surface area contributed by atoms with Crippen LogP contribution in [0.5, 0.6) is 28.7 Å². The lowest BCUT2D eigenvalue weighted by atomic mass is 9.92. The largest absolute Gasteiger partial charge is 0.494 e. The Labute approximate surface area is 502 Å². The molecule has 0 aromatic heterocycles. The minimum atomic E-state index is -0.728. The van der Waals surface area contributed by atoms with E-state index in [0.717, 1.165) is 29.6 Å². The summed E-state index contributed by atoms with van der Waals surface area (Å²) in [7, 11) is 6.03. The SMILES string of the molecule is CCCCOc1cc2c(cc1OC)C(=O)N1C=C(c3ccc(OC)c(F)c3)C[C@H]1C=N2.COc1cc2c(cc1OC)C(=O)N1C=C(c3ccc(NC(=O)[C@H](C)CC(=O)[C@@H](NC(=O)CCCCCN4C(=O)CC(C(C)C)C4=O)C(C)C)cc3)C[C@H]1C=N2. The molecule has 456 valence electrons. The smallest absolute Gasteiger partial charge is 0.260 e. The van der Waals surface area contributed by atoms with Crippen molar-refractivity contribution in [3.05, 3.63) is 107 Å². The monoisotopic (exact) mass is 1180 g/mol. The first-order valence-electron chi connectivity index (χ1n) is 29.4. The number of nitrogens with zero attached hydrogens (tertiary/aromatic N) is 5. The number of rotatable bonds is 24. The molecule has 1 fully saturated rings. The number of ether oxygens (including phenoxy) is 5. The lowest BCUT2D eigenvalue weighted by Crippen LogP contribution is -2.45. The van der Waals surface area contributed by atoms with E-state index in [2.05, 4.69) is 27.5 Å². The molecule has 5 heterocycles. The fourth-order valence-corrected chi connectivity index (χ4v) is 11.0. The lowest BCUT2D eigenvalue weighted by molar-refractivity contribution is -0.140. The van der Waals surface area contributed by atoms with Crippen LogP contribution in [-0.4, -0.2) is 128 Å². The minimum Gasteiger partial charge on any atom is -0.494 e. The molecule has 20 heteroatoms. The van der Waals surface area contributed by atoms with Gasteiger partial charge < -0.3 is 44.1 Å². The van der Waals surface area contributed by atoms with Crippen LogP contribution in [0.2, 0.25) is 0 Å². The van der Waals surface area contributed by atoms with Gasteiger partial charge in [0.2, 0.25) is 23.6 Å². The van der Waals surface area contributed by atoms with E-state index < -0.39 is 17.8 Å². The van der Waals surface area contributed by atoms with Gasteiger partial charge in [-0.3, -0.25) is 48.4 Å². The van der Waals surface area contributed by atoms with Crippen molar-refractivity contribution in [2.75, 3.05) is 46.9 Å². The predicted molar refractivity (Wildman–Crippen MR) is 326 cm³/mol. The van der Waals surface area contributed by atoms with Crippen LogP contribution in [0.15, 0.2) is 89.1 Å². The van der Waals surface area contributed by atoms with Crippen molar-refractivity contribution in [2.45, 2.75) is 124 Å². The highest BCUT2D eigenvalue weighted by Crippen LogP contribution is 2.42. The van der Waals surface area contributed by atoms with Gasteiger partial charge in [-0.05, 0) is 89.8 Å². The highest BCUT2D eigenvalue weighted by atomic mass is 19.1. The number of likely N-dealkylation sites (tertiary alicyclic amines) is 1. The topological polar surface area (TPSA) is 224 Å². The van der Waals surface area contributed by atoms with Crippen molar-refractivity contribution in [1.29, 1.82) is 0 Å². The Morgan fingerprint density at radius 3 is 1.77 bits per heavy atom. The number of carbonyl (C=O) groups excluding carboxylic acids is 7. The van der Waals surface area contributed by atoms with Gasteiger partial charge in [0.1, 0.15) is 0 Å². The zero-order valence-corrected chi connectivity index (χ0v) is 50.7. The average molecular weight is 1180 g/mol. The van der Waals surface area contributed by atoms with Gasteiger partial charge in [-0.1, -0.05) is 72.6 Å². The van der Waals surface area contributed by atoms with Crippen molar-refractivity contribution in [3.8, 4) is 28.7 Å². The molecule has 4 aromatic carbocycles. The summed E-state index contributed by atoms with van der Waals surface area (Å²) in [6, 6.07) is 17.7. The number of carbonyl (C=O) groups is 7. The van der Waals surface area contributed by atoms with E-state index in [0.29, 0.717) is 102 Å². The molecule has 0 spiro atoms. The predicted octanol–water partition coefficient (Wildman–Crippen LogP) is 10.9. The van der Waals surface area contributed by atoms with Crippen molar-refractivity contribution in [3.63, 3.8) is 0 Å². The van der Waals surface area contributed by atoms with E-state index in [4.69, 9.17) is 23.7 Å². The van der Waals surface area contributed by atoms with E-state index in [1.165, 1.54) is 32.3 Å². The molecule has 86 heavy (non-hydrogen) atoms. The standard InChI is InChI=1S/C42H53N5O8.C24H25FN2O4/c1-24(2)31-20-38(50)46(41(31)52)16-10-8-9-11-37(49)45-39(25(3)4)34(48)17-26(5)40(51)44-29-14-12-27(13-15-29)28-18-30-22-43-33-21-36(55-7)35(54-6)19-32(33)42(53)47(30)23-28;1-4-5-8-31-23-12-20-18(11-22(23)30-3)24(28)27-14-16(9-17(27)13-26-20)15-6-7-21(29-2)19(25)10-15/h12-15,19,21-26,30-31,39H,8-11,16-18,20H2,1-7H3,(H,44,51)(H,45,49);6-7,10-14,17H,4-5,8-9H2,1-3H3/t26-,30+,31?,39+;17-/m10/s1. The van der Waals surface area contributed by atoms with Gasteiger partial charge in [-0.25, -0.2) is 4.39 Å². The molecule has 1 saturated heterocycles. The van der Waals surface area contributed by atoms with E-state index in [1.54, 1.807) is 91.0 Å². The Morgan fingerprint density at radius 1 is 0.663 bits per heavy atom. The number of hydrogen-bond donors (Lipinski definition) is 2. The lowest BCUT2D eigenvalue weighted by Gasteiger charge is -2.23. The molecule has 19 nitrogen and oxygen atoms in total. The van der Waals surface area contributed by atoms with Crippen molar-refractivity contribution >= 4 is 81.9 Å². The molecule has 5 atom stereocenters. The molecule has 5 aliphatic rings. The third kappa shape index (κ3) is 14.5. The van der Waals surface area contributed by atoms with Gasteiger partial charge in [0.05, 0.1) is 75.7 Å². The Morgan fingerprint density at radius 2 is 1.22 bits per heavy atom. The summed E-state index contributed by atoms with van der Waals surface area (Å²) in [5.74, 6) is -0.550. The maximum absolute atomic E-state index is 14.2. The summed E-state index contributed by atoms with van der Waals surface area (Å²) in [6.07, 6.45) is 12.5. The molecular formula is C66H78FN7O12. The summed E-state index contributed by atoms with van der Waals surface area (Å²) in [6.45, 7) is 12.3. The Balaban J connectivity index is 0.000000261. The molecule has 2 N–H and O–H groups in total. The maximum atomic E-state index is 14.2. The zero-order valence-electron chi connectivity index (χ0n) is 50.7. The summed E-state index contributed by atoms with van der Waals surface area (Å²) < 4.78 is 41.2. The minimum absolute atomic E-state index is 0.0379. The molecule has 4 aromatic rings. The average Bonchev–Trinajstić information content (AvgIpc) is 2.10. The van der Waals surface area contributed by atoms with Gasteiger partial charge in [0.15, 0.2) is 40.3 Å². The van der Waals surface area contributed by atoms with Crippen LogP contribution < -0.4 is 34.3 Å². The number of fused-ring (bicyclic) bond motifs is 4. The number of methoxy groups -OCH3 is 4. The van der Waals surface area contributed by atoms with Gasteiger partial charge in [-0.15, -0.1) is 0 Å². The van der Waals surface area contributed by atoms with E-state index in [-0.39, 0.29) is 96.1 Å². The quantitative estimate of drug-likeness (QED) is 0.0494. The number of halogens is 1. The number of aliphatic imine (C=N–C) groups is 2. The fraction of sp³-hybridized carbons (Fsp3) is 0.439. The van der Waals surface area contributed by atoms with Gasteiger partial charge in [-0.2, -0.15) is 0 Å². The molecule has 0 radical (unpaired) electrons. The summed E-state index contributed by atoms with van der Waals surface area (Å²) in [4.78, 5) is 105. The number of benzene rings is 4. The van der Waals surface area contributed by atoms with E-state index >= 15 is 0 Å². The molecule has 0 bridgehead atoms. The van der Waals surface area contributed by atoms with Crippen LogP contribution >= 0.6 is 0 Å². The first-order valence-corrected chi connectivity index (χ1v) is 29.4. The second-order valence-electron chi connectivity index (χ2n) is 22.8. The molecular weight excluding hydrogens is 1100 g/mol. The van der Waals surface area contributed by atoms with E-state index in [9.17, 15) is 38.0 Å². The molecule has 9 rings (SSSR count). The maximum Gasteiger partial charge on any atom is 0.260 e. The highest BCUT2D eigenvalue weighted by Gasteiger charge is 2.40. The number of imide groups is 1. The Kier molecular flexibility index (Phi) is 21.0. The highest BCUT2D eigenvalue weighted by molar-refractivity contribution is 6.07. The Hall–Kier alpha value is -8.68. The zero-order chi connectivity index (χ0) is 61.9. The number of unbranched alkanes of at least 4 members (excludes halogenated alkanes) is 3. The number of amides is 6. The second-order valence-corrected chi connectivity index (χ2v) is 22.8. The van der Waals surface area contributed by atoms with Gasteiger partial charge in [0.25, 0.3) is 11.8 Å². The molecule has 6 amide bonds. The second kappa shape index (κ2) is 28.5. The third-order valence-electron chi connectivity index (χ3n) is 16.1. The summed E-state index contributed by atoms with van der Waals surface area (Å²) in [5.41, 5.74) is 5.92. The van der Waals surface area contributed by atoms with E-state index in [1.807, 2.05) is 46.0 Å². The van der Waals surface area contributed by atoms with Gasteiger partial charge in [0, 0.05) is 93.1 Å². The molecule has 1 unspecified atom stereocenters. The number of ketones is 1. The van der Waals surface area contributed by atoms with Crippen LogP contribution in [0.4, 0.5) is 21.5 Å². The first-order chi connectivity index (χ1) is 41.3. The number of nitrogens with one attached hydrogen (secondary N) is 2. The number of Topliss-reactive ketones (excluding diaryl/α,β-unsaturated/α-hetero) is 1. The third-order valence-corrected chi connectivity index (χ3v) is 16.1. The summed E-state index contributed by atoms with van der Waals surface area (Å²) in [5, 5.41) is 5.75. The van der Waals surface area contributed by atoms with Crippen LogP contribution in [0.3, 0.4) is 0 Å². The number of anilines is 1. The van der Waals surface area contributed by atoms with Crippen LogP contribution in [-0.2, 0) is 24.0 Å². The first kappa shape index (κ1) is 63.3. The Bertz CT molecular complexity index is 3350. The molecule has 5 aliphatic heterocycles. The van der Waals surface area contributed by atoms with Crippen LogP contribution in [0.25, 0.3) is 11.1 Å². The summed E-state index contributed by atoms with van der Waals surface area (Å²) >= 11 is 0. The van der Waals surface area contributed by atoms with Crippen LogP contribution in [0, 0.1) is 29.5 Å². The normalized spacial score (nSPS) is 18.2. The van der Waals surface area contributed by atoms with Gasteiger partial charge >= 0.3 is 0 Å².